The SMILES string of the molecule is CCOC(=O)c1cc([N+](=O)[O-])cc(F)c1-c1ccc(CC)nc1. The number of carbonyl (C=O) groups excluding carboxylic acids is 1. The highest BCUT2D eigenvalue weighted by atomic mass is 19.1. The molecule has 0 spiro atoms. The third-order valence-electron chi connectivity index (χ3n) is 3.26. The summed E-state index contributed by atoms with van der Waals surface area (Å²) in [5, 5.41) is 10.9. The smallest absolute Gasteiger partial charge is 0.339 e. The molecule has 0 atom stereocenters. The van der Waals surface area contributed by atoms with E-state index in [1.807, 2.05) is 6.92 Å². The lowest BCUT2D eigenvalue weighted by Crippen LogP contribution is -2.09. The molecule has 23 heavy (non-hydrogen) atoms. The molecule has 0 amide bonds. The van der Waals surface area contributed by atoms with Gasteiger partial charge in [-0.3, -0.25) is 15.1 Å². The lowest BCUT2D eigenvalue weighted by atomic mass is 9.99. The van der Waals surface area contributed by atoms with Crippen LogP contribution in [0.4, 0.5) is 10.1 Å². The van der Waals surface area contributed by atoms with Gasteiger partial charge in [-0.2, -0.15) is 0 Å². The van der Waals surface area contributed by atoms with Crippen molar-refractivity contribution in [3.8, 4) is 11.1 Å². The molecule has 2 aromatic rings. The van der Waals surface area contributed by atoms with Crippen LogP contribution >= 0.6 is 0 Å². The fraction of sp³-hybridized carbons (Fsp3) is 0.250. The first kappa shape index (κ1) is 16.5. The molecule has 0 bridgehead atoms. The van der Waals surface area contributed by atoms with Gasteiger partial charge in [-0.25, -0.2) is 9.18 Å². The summed E-state index contributed by atoms with van der Waals surface area (Å²) in [4.78, 5) is 26.4. The van der Waals surface area contributed by atoms with E-state index in [1.165, 1.54) is 6.20 Å². The number of nitrogens with zero attached hydrogens (tertiary/aromatic N) is 2. The second-order valence-corrected chi connectivity index (χ2v) is 4.72. The van der Waals surface area contributed by atoms with E-state index < -0.39 is 22.4 Å². The highest BCUT2D eigenvalue weighted by Crippen LogP contribution is 2.31. The minimum Gasteiger partial charge on any atom is -0.462 e. The number of non-ortho nitro benzene ring substituents is 1. The minimum atomic E-state index is -0.867. The summed E-state index contributed by atoms with van der Waals surface area (Å²) < 4.78 is 19.3. The Bertz CT molecular complexity index is 744. The van der Waals surface area contributed by atoms with E-state index in [-0.39, 0.29) is 17.7 Å². The molecule has 1 aromatic carbocycles. The molecule has 0 N–H and O–H groups in total. The molecule has 2 rings (SSSR count). The van der Waals surface area contributed by atoms with Gasteiger partial charge in [0.25, 0.3) is 5.69 Å². The van der Waals surface area contributed by atoms with Crippen LogP contribution in [0.25, 0.3) is 11.1 Å². The van der Waals surface area contributed by atoms with Gasteiger partial charge in [0.05, 0.1) is 23.2 Å². The Hall–Kier alpha value is -2.83. The van der Waals surface area contributed by atoms with E-state index in [2.05, 4.69) is 4.98 Å². The van der Waals surface area contributed by atoms with Gasteiger partial charge in [-0.05, 0) is 19.4 Å². The molecule has 0 aliphatic rings. The average Bonchev–Trinajstić information content (AvgIpc) is 2.54. The van der Waals surface area contributed by atoms with Crippen LogP contribution in [-0.2, 0) is 11.2 Å². The Balaban J connectivity index is 2.64. The topological polar surface area (TPSA) is 82.3 Å². The Morgan fingerprint density at radius 1 is 1.35 bits per heavy atom. The number of rotatable bonds is 5. The van der Waals surface area contributed by atoms with Gasteiger partial charge in [0, 0.05) is 29.1 Å². The molecule has 1 heterocycles. The molecule has 0 saturated carbocycles. The Morgan fingerprint density at radius 2 is 2.09 bits per heavy atom. The first-order valence-electron chi connectivity index (χ1n) is 7.08. The van der Waals surface area contributed by atoms with E-state index in [1.54, 1.807) is 19.1 Å². The average molecular weight is 318 g/mol. The van der Waals surface area contributed by atoms with E-state index in [0.717, 1.165) is 17.8 Å². The van der Waals surface area contributed by atoms with Crippen LogP contribution in [0.15, 0.2) is 30.5 Å². The molecule has 6 nitrogen and oxygen atoms in total. The summed E-state index contributed by atoms with van der Waals surface area (Å²) >= 11 is 0. The Labute approximate surface area is 132 Å². The summed E-state index contributed by atoms with van der Waals surface area (Å²) in [6, 6.07) is 5.14. The van der Waals surface area contributed by atoms with Crippen molar-refractivity contribution in [1.29, 1.82) is 0 Å². The van der Waals surface area contributed by atoms with E-state index in [4.69, 9.17) is 4.74 Å². The van der Waals surface area contributed by atoms with Crippen LogP contribution in [0.3, 0.4) is 0 Å². The number of aromatic nitrogens is 1. The molecule has 0 unspecified atom stereocenters. The summed E-state index contributed by atoms with van der Waals surface area (Å²) in [5.41, 5.74) is 0.424. The fourth-order valence-corrected chi connectivity index (χ4v) is 2.14. The zero-order chi connectivity index (χ0) is 17.0. The molecule has 1 aromatic heterocycles. The van der Waals surface area contributed by atoms with E-state index >= 15 is 0 Å². The standard InChI is InChI=1S/C16H15FN2O4/c1-3-11-6-5-10(9-18-11)15-13(16(20)23-4-2)7-12(19(21)22)8-14(15)17/h5-9H,3-4H2,1-2H3. The number of hydrogen-bond donors (Lipinski definition) is 0. The normalized spacial score (nSPS) is 10.4. The number of nitro benzene ring substituents is 1. The molecule has 0 aliphatic heterocycles. The van der Waals surface area contributed by atoms with Crippen molar-refractivity contribution in [3.63, 3.8) is 0 Å². The number of aryl methyl sites for hydroxylation is 1. The largest absolute Gasteiger partial charge is 0.462 e. The fourth-order valence-electron chi connectivity index (χ4n) is 2.14. The van der Waals surface area contributed by atoms with Gasteiger partial charge in [-0.1, -0.05) is 13.0 Å². The number of nitro groups is 1. The van der Waals surface area contributed by atoms with Crippen molar-refractivity contribution in [1.82, 2.24) is 4.98 Å². The number of pyridine rings is 1. The van der Waals surface area contributed by atoms with Crippen LogP contribution in [0.1, 0.15) is 29.9 Å². The van der Waals surface area contributed by atoms with Gasteiger partial charge < -0.3 is 4.74 Å². The zero-order valence-corrected chi connectivity index (χ0v) is 12.7. The number of halogens is 1. The van der Waals surface area contributed by atoms with Gasteiger partial charge in [0.15, 0.2) is 0 Å². The van der Waals surface area contributed by atoms with Crippen molar-refractivity contribution in [3.05, 3.63) is 57.7 Å². The Morgan fingerprint density at radius 3 is 2.61 bits per heavy atom. The number of esters is 1. The molecule has 0 aliphatic carbocycles. The molecule has 0 fully saturated rings. The number of hydrogen-bond acceptors (Lipinski definition) is 5. The van der Waals surface area contributed by atoms with Gasteiger partial charge in [-0.15, -0.1) is 0 Å². The maximum Gasteiger partial charge on any atom is 0.339 e. The van der Waals surface area contributed by atoms with Crippen molar-refractivity contribution in [2.24, 2.45) is 0 Å². The van der Waals surface area contributed by atoms with Crippen LogP contribution in [-0.4, -0.2) is 22.5 Å². The van der Waals surface area contributed by atoms with Gasteiger partial charge in [0.2, 0.25) is 0 Å². The zero-order valence-electron chi connectivity index (χ0n) is 12.7. The maximum absolute atomic E-state index is 14.4. The number of carbonyl (C=O) groups is 1. The molecular formula is C16H15FN2O4. The molecular weight excluding hydrogens is 303 g/mol. The highest BCUT2D eigenvalue weighted by Gasteiger charge is 2.23. The van der Waals surface area contributed by atoms with E-state index in [9.17, 15) is 19.3 Å². The van der Waals surface area contributed by atoms with Crippen molar-refractivity contribution >= 4 is 11.7 Å². The van der Waals surface area contributed by atoms with Gasteiger partial charge in [0.1, 0.15) is 5.82 Å². The maximum atomic E-state index is 14.4. The number of benzene rings is 1. The summed E-state index contributed by atoms with van der Waals surface area (Å²) in [7, 11) is 0. The second kappa shape index (κ2) is 6.95. The van der Waals surface area contributed by atoms with Crippen molar-refractivity contribution in [2.45, 2.75) is 20.3 Å². The second-order valence-electron chi connectivity index (χ2n) is 4.72. The quantitative estimate of drug-likeness (QED) is 0.478. The summed E-state index contributed by atoms with van der Waals surface area (Å²) in [6.07, 6.45) is 2.15. The lowest BCUT2D eigenvalue weighted by Gasteiger charge is -2.10. The van der Waals surface area contributed by atoms with Crippen LogP contribution in [0.5, 0.6) is 0 Å². The first-order chi connectivity index (χ1) is 11.0. The van der Waals surface area contributed by atoms with Gasteiger partial charge >= 0.3 is 5.97 Å². The molecule has 7 heteroatoms. The van der Waals surface area contributed by atoms with Crippen LogP contribution in [0, 0.1) is 15.9 Å². The monoisotopic (exact) mass is 318 g/mol. The van der Waals surface area contributed by atoms with Crippen LogP contribution < -0.4 is 0 Å². The minimum absolute atomic E-state index is 0.0517. The third-order valence-corrected chi connectivity index (χ3v) is 3.26. The van der Waals surface area contributed by atoms with E-state index in [0.29, 0.717) is 12.0 Å². The predicted molar refractivity (Wildman–Crippen MR) is 81.6 cm³/mol. The number of ether oxygens (including phenoxy) is 1. The molecule has 0 radical (unpaired) electrons. The highest BCUT2D eigenvalue weighted by molar-refractivity contribution is 5.98. The Kier molecular flexibility index (Phi) is 5.00. The molecule has 120 valence electrons. The van der Waals surface area contributed by atoms with Crippen molar-refractivity contribution in [2.75, 3.05) is 6.61 Å². The molecule has 0 saturated heterocycles. The third kappa shape index (κ3) is 3.50. The first-order valence-corrected chi connectivity index (χ1v) is 7.08. The predicted octanol–water partition coefficient (Wildman–Crippen LogP) is 3.54. The lowest BCUT2D eigenvalue weighted by molar-refractivity contribution is -0.385. The van der Waals surface area contributed by atoms with Crippen molar-refractivity contribution < 1.29 is 18.8 Å². The summed E-state index contributed by atoms with van der Waals surface area (Å²) in [6.45, 7) is 3.61. The summed E-state index contributed by atoms with van der Waals surface area (Å²) in [5.74, 6) is -1.68. The van der Waals surface area contributed by atoms with Crippen LogP contribution in [0.2, 0.25) is 0 Å².